The van der Waals surface area contributed by atoms with E-state index < -0.39 is 30.7 Å². The lowest BCUT2D eigenvalue weighted by atomic mass is 9.70. The molecule has 302 valence electrons. The highest BCUT2D eigenvalue weighted by Gasteiger charge is 2.53. The summed E-state index contributed by atoms with van der Waals surface area (Å²) in [5.41, 5.74) is 0.704. The predicted octanol–water partition coefficient (Wildman–Crippen LogP) is 5.38. The number of methoxy groups -OCH3 is 3. The van der Waals surface area contributed by atoms with Gasteiger partial charge in [0.15, 0.2) is 18.4 Å². The average Bonchev–Trinajstić information content (AvgIpc) is 3.73. The van der Waals surface area contributed by atoms with Gasteiger partial charge in [0.25, 0.3) is 0 Å². The van der Waals surface area contributed by atoms with Gasteiger partial charge in [0.2, 0.25) is 0 Å². The van der Waals surface area contributed by atoms with Crippen LogP contribution >= 0.6 is 0 Å². The number of ether oxygens (including phenoxy) is 8. The van der Waals surface area contributed by atoms with Crippen molar-refractivity contribution in [1.29, 1.82) is 5.26 Å². The van der Waals surface area contributed by atoms with Gasteiger partial charge in [0.1, 0.15) is 24.4 Å². The van der Waals surface area contributed by atoms with E-state index in [9.17, 15) is 14.9 Å². The molecule has 3 saturated heterocycles. The Kier molecular flexibility index (Phi) is 14.1. The zero-order chi connectivity index (χ0) is 38.7. The van der Waals surface area contributed by atoms with Crippen molar-refractivity contribution < 1.29 is 47.5 Å². The molecule has 1 saturated carbocycles. The van der Waals surface area contributed by atoms with E-state index in [1.54, 1.807) is 21.3 Å². The van der Waals surface area contributed by atoms with Crippen LogP contribution in [0, 0.1) is 46.8 Å². The van der Waals surface area contributed by atoms with E-state index >= 15 is 0 Å². The molecule has 3 heterocycles. The van der Waals surface area contributed by atoms with Crippen molar-refractivity contribution in [2.24, 2.45) is 35.5 Å². The molecule has 3 aliphatic carbocycles. The van der Waals surface area contributed by atoms with Crippen LogP contribution in [0.2, 0.25) is 0 Å². The van der Waals surface area contributed by atoms with Crippen LogP contribution in [0.5, 0.6) is 0 Å². The monoisotopic (exact) mass is 756 g/mol. The van der Waals surface area contributed by atoms with Gasteiger partial charge in [-0.05, 0) is 102 Å². The molecule has 3 aliphatic heterocycles. The Morgan fingerprint density at radius 1 is 0.907 bits per heavy atom. The van der Waals surface area contributed by atoms with Crippen molar-refractivity contribution in [2.45, 2.75) is 152 Å². The summed E-state index contributed by atoms with van der Waals surface area (Å²) in [5.74, 6) is -0.517. The molecule has 54 heavy (non-hydrogen) atoms. The Bertz CT molecular complexity index is 1400. The van der Waals surface area contributed by atoms with E-state index in [-0.39, 0.29) is 90.8 Å². The number of cyclic esters (lactones) is 1. The Morgan fingerprint density at radius 2 is 1.67 bits per heavy atom. The third-order valence-corrected chi connectivity index (χ3v) is 13.4. The minimum Gasteiger partial charge on any atom is -0.461 e. The number of fused-ring (bicyclic) bond motifs is 5. The number of likely N-dealkylation sites (N-methyl/N-ethyl adjacent to an activating group) is 1. The maximum absolute atomic E-state index is 14.7. The second-order valence-corrected chi connectivity index (χ2v) is 16.7. The van der Waals surface area contributed by atoms with Crippen LogP contribution < -0.4 is 0 Å². The molecule has 17 atom stereocenters. The summed E-state index contributed by atoms with van der Waals surface area (Å²) in [4.78, 5) is 30.4. The summed E-state index contributed by atoms with van der Waals surface area (Å²) < 4.78 is 49.7. The van der Waals surface area contributed by atoms with Gasteiger partial charge >= 0.3 is 5.97 Å². The van der Waals surface area contributed by atoms with Crippen LogP contribution in [0.15, 0.2) is 23.8 Å². The van der Waals surface area contributed by atoms with Gasteiger partial charge in [-0.2, -0.15) is 5.26 Å². The first kappa shape index (κ1) is 41.4. The molecule has 0 radical (unpaired) electrons. The minimum atomic E-state index is -0.612. The molecule has 0 aromatic rings. The van der Waals surface area contributed by atoms with Crippen molar-refractivity contribution in [3.05, 3.63) is 23.8 Å². The SMILES string of the molecule is CC[C@@H]1OC(OC2CC3C=CC4C5CC(=O)OC(CC#N)CCCC(OC6CC[C@@H](N(C)C)[C@@H](C)O6)C(C)C(=O)C5=CC4C3C2)C(OC)C(OC)C1OC. The lowest BCUT2D eigenvalue weighted by Crippen LogP contribution is -2.60. The highest BCUT2D eigenvalue weighted by Crippen LogP contribution is 2.54. The molecule has 6 rings (SSSR count). The lowest BCUT2D eigenvalue weighted by Gasteiger charge is -2.45. The van der Waals surface area contributed by atoms with Crippen LogP contribution in [-0.4, -0.2) is 120 Å². The van der Waals surface area contributed by atoms with E-state index in [0.29, 0.717) is 30.9 Å². The number of carbonyl (C=O) groups excluding carboxylic acids is 2. The largest absolute Gasteiger partial charge is 0.461 e. The predicted molar refractivity (Wildman–Crippen MR) is 199 cm³/mol. The van der Waals surface area contributed by atoms with Crippen molar-refractivity contribution in [2.75, 3.05) is 35.4 Å². The van der Waals surface area contributed by atoms with Crippen LogP contribution in [0.1, 0.15) is 85.0 Å². The Labute approximate surface area is 322 Å². The molecule has 0 bridgehead atoms. The molecule has 12 nitrogen and oxygen atoms in total. The fourth-order valence-electron chi connectivity index (χ4n) is 10.6. The summed E-state index contributed by atoms with van der Waals surface area (Å²) in [7, 11) is 9.12. The van der Waals surface area contributed by atoms with E-state index in [1.165, 1.54) is 0 Å². The number of ketones is 1. The lowest BCUT2D eigenvalue weighted by molar-refractivity contribution is -0.317. The second-order valence-electron chi connectivity index (χ2n) is 16.7. The summed E-state index contributed by atoms with van der Waals surface area (Å²) >= 11 is 0. The van der Waals surface area contributed by atoms with E-state index in [4.69, 9.17) is 37.9 Å². The fraction of sp³-hybridized carbons (Fsp3) is 0.833. The number of rotatable bonds is 10. The number of Topliss-reactive ketones (excluding diaryl/α,β-unsaturated/α-hetero) is 1. The maximum atomic E-state index is 14.7. The molecule has 6 aliphatic rings. The number of allylic oxidation sites excluding steroid dienone is 4. The maximum Gasteiger partial charge on any atom is 0.306 e. The molecule has 0 aromatic heterocycles. The van der Waals surface area contributed by atoms with E-state index in [0.717, 1.165) is 32.1 Å². The second kappa shape index (κ2) is 18.4. The van der Waals surface area contributed by atoms with Crippen LogP contribution in [0.4, 0.5) is 0 Å². The van der Waals surface area contributed by atoms with Crippen LogP contribution in [0.3, 0.4) is 0 Å². The summed E-state index contributed by atoms with van der Waals surface area (Å²) in [6.07, 6.45) is 9.54. The smallest absolute Gasteiger partial charge is 0.306 e. The number of hydrogen-bond donors (Lipinski definition) is 0. The average molecular weight is 757 g/mol. The van der Waals surface area contributed by atoms with Gasteiger partial charge in [-0.3, -0.25) is 9.59 Å². The van der Waals surface area contributed by atoms with Crippen LogP contribution in [-0.2, 0) is 47.5 Å². The van der Waals surface area contributed by atoms with Gasteiger partial charge in [0, 0.05) is 39.2 Å². The molecular weight excluding hydrogens is 692 g/mol. The summed E-state index contributed by atoms with van der Waals surface area (Å²) in [5, 5.41) is 9.56. The van der Waals surface area contributed by atoms with Crippen LogP contribution in [0.25, 0.3) is 0 Å². The molecule has 4 fully saturated rings. The molecule has 0 spiro atoms. The molecule has 12 heteroatoms. The fourth-order valence-corrected chi connectivity index (χ4v) is 10.6. The van der Waals surface area contributed by atoms with Crippen molar-refractivity contribution in [3.8, 4) is 6.07 Å². The van der Waals surface area contributed by atoms with Crippen molar-refractivity contribution >= 4 is 11.8 Å². The topological polar surface area (TPSA) is 135 Å². The molecule has 0 N–H and O–H groups in total. The number of nitriles is 1. The number of nitrogens with zero attached hydrogens (tertiary/aromatic N) is 2. The Balaban J connectivity index is 1.22. The summed E-state index contributed by atoms with van der Waals surface area (Å²) in [6, 6.07) is 2.51. The van der Waals surface area contributed by atoms with Crippen molar-refractivity contribution in [3.63, 3.8) is 0 Å². The van der Waals surface area contributed by atoms with Crippen molar-refractivity contribution in [1.82, 2.24) is 4.90 Å². The number of hydrogen-bond acceptors (Lipinski definition) is 12. The van der Waals surface area contributed by atoms with Gasteiger partial charge in [-0.15, -0.1) is 0 Å². The first-order valence-electron chi connectivity index (χ1n) is 20.4. The molecule has 0 aromatic carbocycles. The highest BCUT2D eigenvalue weighted by molar-refractivity contribution is 5.99. The third kappa shape index (κ3) is 8.69. The zero-order valence-electron chi connectivity index (χ0n) is 33.6. The Morgan fingerprint density at radius 3 is 2.33 bits per heavy atom. The normalized spacial score (nSPS) is 44.3. The molecule has 14 unspecified atom stereocenters. The van der Waals surface area contributed by atoms with Gasteiger partial charge < -0.3 is 42.8 Å². The van der Waals surface area contributed by atoms with Gasteiger partial charge in [-0.25, -0.2) is 0 Å². The minimum absolute atomic E-state index is 0.00114. The first-order valence-corrected chi connectivity index (χ1v) is 20.4. The standard InChI is InChI=1S/C42H64N2O10/c1-9-34-39(47-6)40(48-7)41(49-8)42(54-34)52-27-19-25-13-14-28-30(29(25)20-27)21-32-31(28)22-36(45)51-26(17-18-43)11-10-12-35(23(2)38(32)46)53-37-16-15-33(44(4)5)24(3)50-37/h13-14,21,23-31,33-35,37,39-42H,9-12,15-17,19-20,22H2,1-8H3/t23?,24-,25?,26?,27?,28?,29?,30?,31?,33-,34+,35?,37?,39?,40?,41?,42?/m1/s1. The van der Waals surface area contributed by atoms with Gasteiger partial charge in [0.05, 0.1) is 43.3 Å². The number of carbonyl (C=O) groups is 2. The third-order valence-electron chi connectivity index (χ3n) is 13.4. The van der Waals surface area contributed by atoms with E-state index in [1.807, 2.05) is 6.92 Å². The highest BCUT2D eigenvalue weighted by atomic mass is 16.7. The quantitative estimate of drug-likeness (QED) is 0.209. The van der Waals surface area contributed by atoms with Gasteiger partial charge in [-0.1, -0.05) is 32.1 Å². The Hall–Kier alpha value is -2.21. The first-order chi connectivity index (χ1) is 26.0. The summed E-state index contributed by atoms with van der Waals surface area (Å²) in [6.45, 7) is 6.12. The number of esters is 1. The zero-order valence-corrected chi connectivity index (χ0v) is 33.6. The van der Waals surface area contributed by atoms with E-state index in [2.05, 4.69) is 57.1 Å². The molecule has 0 amide bonds. The molecular formula is C42H64N2O10.